The summed E-state index contributed by atoms with van der Waals surface area (Å²) in [7, 11) is 0. The Morgan fingerprint density at radius 1 is 1.47 bits per heavy atom. The van der Waals surface area contributed by atoms with E-state index in [1.807, 2.05) is 20.8 Å². The van der Waals surface area contributed by atoms with Crippen molar-refractivity contribution in [2.75, 3.05) is 6.54 Å². The fourth-order valence-corrected chi connectivity index (χ4v) is 1.42. The fourth-order valence-electron chi connectivity index (χ4n) is 1.42. The number of carbonyl (C=O) groups is 1. The quantitative estimate of drug-likeness (QED) is 0.584. The zero-order chi connectivity index (χ0) is 11.8. The van der Waals surface area contributed by atoms with Crippen molar-refractivity contribution < 1.29 is 9.90 Å². The molecule has 0 saturated heterocycles. The van der Waals surface area contributed by atoms with Crippen LogP contribution in [-0.2, 0) is 4.79 Å². The van der Waals surface area contributed by atoms with E-state index < -0.39 is 12.1 Å². The molecule has 0 aromatic heterocycles. The first-order valence-electron chi connectivity index (χ1n) is 5.68. The van der Waals surface area contributed by atoms with Crippen molar-refractivity contribution in [1.29, 1.82) is 0 Å². The van der Waals surface area contributed by atoms with Crippen LogP contribution in [0.4, 0.5) is 0 Å². The number of rotatable bonds is 7. The Morgan fingerprint density at radius 3 is 2.53 bits per heavy atom. The Hall–Kier alpha value is -0.610. The van der Waals surface area contributed by atoms with Gasteiger partial charge >= 0.3 is 0 Å². The Kier molecular flexibility index (Phi) is 7.34. The zero-order valence-corrected chi connectivity index (χ0v) is 9.99. The van der Waals surface area contributed by atoms with Crippen LogP contribution in [0, 0.1) is 5.92 Å². The maximum atomic E-state index is 11.4. The van der Waals surface area contributed by atoms with Gasteiger partial charge in [-0.2, -0.15) is 0 Å². The second-order valence-electron chi connectivity index (χ2n) is 4.42. The summed E-state index contributed by atoms with van der Waals surface area (Å²) in [5.41, 5.74) is 5.62. The summed E-state index contributed by atoms with van der Waals surface area (Å²) >= 11 is 0. The lowest BCUT2D eigenvalue weighted by Crippen LogP contribution is -2.43. The largest absolute Gasteiger partial charge is 0.391 e. The molecule has 15 heavy (non-hydrogen) atoms. The minimum absolute atomic E-state index is 0.167. The molecule has 90 valence electrons. The van der Waals surface area contributed by atoms with Crippen molar-refractivity contribution in [3.8, 4) is 0 Å². The molecule has 2 unspecified atom stereocenters. The molecule has 1 amide bonds. The number of hydrogen-bond acceptors (Lipinski definition) is 3. The molecule has 4 N–H and O–H groups in total. The Labute approximate surface area is 92.2 Å². The van der Waals surface area contributed by atoms with Crippen LogP contribution in [0.1, 0.15) is 40.0 Å². The molecule has 4 nitrogen and oxygen atoms in total. The monoisotopic (exact) mass is 216 g/mol. The van der Waals surface area contributed by atoms with Gasteiger partial charge in [-0.1, -0.05) is 27.2 Å². The summed E-state index contributed by atoms with van der Waals surface area (Å²) < 4.78 is 0. The van der Waals surface area contributed by atoms with Gasteiger partial charge in [0.15, 0.2) is 0 Å². The third-order valence-corrected chi connectivity index (χ3v) is 2.19. The van der Waals surface area contributed by atoms with Gasteiger partial charge in [0.2, 0.25) is 5.91 Å². The minimum Gasteiger partial charge on any atom is -0.391 e. The number of hydrogen-bond donors (Lipinski definition) is 3. The SMILES string of the molecule is CCCC(N)C(=O)NCC(O)CC(C)C. The minimum atomic E-state index is -0.470. The van der Waals surface area contributed by atoms with E-state index in [9.17, 15) is 9.90 Å². The molecule has 0 aliphatic rings. The Morgan fingerprint density at radius 2 is 2.07 bits per heavy atom. The first kappa shape index (κ1) is 14.4. The summed E-state index contributed by atoms with van der Waals surface area (Å²) in [6, 6.07) is -0.443. The number of carbonyl (C=O) groups excluding carboxylic acids is 1. The molecule has 0 fully saturated rings. The van der Waals surface area contributed by atoms with E-state index >= 15 is 0 Å². The average molecular weight is 216 g/mol. The maximum absolute atomic E-state index is 11.4. The molecule has 0 aliphatic heterocycles. The lowest BCUT2D eigenvalue weighted by atomic mass is 10.1. The van der Waals surface area contributed by atoms with Crippen molar-refractivity contribution in [3.05, 3.63) is 0 Å². The van der Waals surface area contributed by atoms with Crippen LogP contribution in [0.15, 0.2) is 0 Å². The second kappa shape index (κ2) is 7.65. The van der Waals surface area contributed by atoms with Crippen molar-refractivity contribution >= 4 is 5.91 Å². The smallest absolute Gasteiger partial charge is 0.237 e. The third-order valence-electron chi connectivity index (χ3n) is 2.19. The van der Waals surface area contributed by atoms with Gasteiger partial charge in [-0.15, -0.1) is 0 Å². The molecule has 0 heterocycles. The maximum Gasteiger partial charge on any atom is 0.237 e. The summed E-state index contributed by atoms with van der Waals surface area (Å²) in [5, 5.41) is 12.2. The fraction of sp³-hybridized carbons (Fsp3) is 0.909. The Balaban J connectivity index is 3.70. The molecule has 0 rings (SSSR count). The van der Waals surface area contributed by atoms with Crippen molar-refractivity contribution in [3.63, 3.8) is 0 Å². The Bertz CT molecular complexity index is 183. The van der Waals surface area contributed by atoms with Crippen LogP contribution in [0.3, 0.4) is 0 Å². The van der Waals surface area contributed by atoms with E-state index in [0.29, 0.717) is 25.3 Å². The van der Waals surface area contributed by atoms with Gasteiger partial charge in [0.25, 0.3) is 0 Å². The summed E-state index contributed by atoms with van der Waals surface area (Å²) in [5.74, 6) is 0.265. The topological polar surface area (TPSA) is 75.4 Å². The number of aliphatic hydroxyl groups excluding tert-OH is 1. The molecule has 2 atom stereocenters. The molecule has 0 aromatic rings. The van der Waals surface area contributed by atoms with Gasteiger partial charge in [-0.25, -0.2) is 0 Å². The van der Waals surface area contributed by atoms with E-state index in [1.54, 1.807) is 0 Å². The van der Waals surface area contributed by atoms with E-state index in [-0.39, 0.29) is 5.91 Å². The van der Waals surface area contributed by atoms with E-state index in [1.165, 1.54) is 0 Å². The molecule has 0 spiro atoms. The van der Waals surface area contributed by atoms with Crippen LogP contribution < -0.4 is 11.1 Å². The van der Waals surface area contributed by atoms with E-state index in [4.69, 9.17) is 5.73 Å². The lowest BCUT2D eigenvalue weighted by molar-refractivity contribution is -0.123. The molecular weight excluding hydrogens is 192 g/mol. The summed E-state index contributed by atoms with van der Waals surface area (Å²) in [6.07, 6.45) is 1.81. The van der Waals surface area contributed by atoms with Crippen LogP contribution in [-0.4, -0.2) is 29.7 Å². The molecule has 0 bridgehead atoms. The molecule has 0 aromatic carbocycles. The van der Waals surface area contributed by atoms with Crippen LogP contribution in [0.2, 0.25) is 0 Å². The highest BCUT2D eigenvalue weighted by Crippen LogP contribution is 2.03. The first-order chi connectivity index (χ1) is 6.97. The van der Waals surface area contributed by atoms with E-state index in [2.05, 4.69) is 5.32 Å². The highest BCUT2D eigenvalue weighted by atomic mass is 16.3. The van der Waals surface area contributed by atoms with Gasteiger partial charge < -0.3 is 16.2 Å². The molecule has 0 aliphatic carbocycles. The van der Waals surface area contributed by atoms with Crippen molar-refractivity contribution in [2.24, 2.45) is 11.7 Å². The standard InChI is InChI=1S/C11H24N2O2/c1-4-5-10(12)11(15)13-7-9(14)6-8(2)3/h8-10,14H,4-7,12H2,1-3H3,(H,13,15). The highest BCUT2D eigenvalue weighted by Gasteiger charge is 2.13. The zero-order valence-electron chi connectivity index (χ0n) is 9.99. The summed E-state index contributed by atoms with van der Waals surface area (Å²) in [6.45, 7) is 6.36. The van der Waals surface area contributed by atoms with E-state index in [0.717, 1.165) is 6.42 Å². The van der Waals surface area contributed by atoms with Crippen LogP contribution in [0.5, 0.6) is 0 Å². The predicted molar refractivity (Wildman–Crippen MR) is 61.4 cm³/mol. The van der Waals surface area contributed by atoms with Gasteiger partial charge in [0.1, 0.15) is 0 Å². The van der Waals surface area contributed by atoms with Crippen molar-refractivity contribution in [1.82, 2.24) is 5.32 Å². The van der Waals surface area contributed by atoms with Crippen LogP contribution in [0.25, 0.3) is 0 Å². The molecule has 0 saturated carbocycles. The van der Waals surface area contributed by atoms with Gasteiger partial charge in [-0.3, -0.25) is 4.79 Å². The van der Waals surface area contributed by atoms with Gasteiger partial charge in [0, 0.05) is 6.54 Å². The molecular formula is C11H24N2O2. The lowest BCUT2D eigenvalue weighted by Gasteiger charge is -2.16. The molecule has 0 radical (unpaired) electrons. The van der Waals surface area contributed by atoms with Gasteiger partial charge in [-0.05, 0) is 18.8 Å². The molecule has 4 heteroatoms. The van der Waals surface area contributed by atoms with Crippen molar-refractivity contribution in [2.45, 2.75) is 52.2 Å². The van der Waals surface area contributed by atoms with Crippen LogP contribution >= 0.6 is 0 Å². The highest BCUT2D eigenvalue weighted by molar-refractivity contribution is 5.81. The normalized spacial score (nSPS) is 15.1. The second-order valence-corrected chi connectivity index (χ2v) is 4.42. The number of nitrogens with one attached hydrogen (secondary N) is 1. The third kappa shape index (κ3) is 7.33. The number of aliphatic hydroxyl groups is 1. The number of amides is 1. The summed E-state index contributed by atoms with van der Waals surface area (Å²) in [4.78, 5) is 11.4. The number of nitrogens with two attached hydrogens (primary N) is 1. The first-order valence-corrected chi connectivity index (χ1v) is 5.68. The average Bonchev–Trinajstić information content (AvgIpc) is 2.13. The van der Waals surface area contributed by atoms with Gasteiger partial charge in [0.05, 0.1) is 12.1 Å². The predicted octanol–water partition coefficient (Wildman–Crippen LogP) is 0.637.